The van der Waals surface area contributed by atoms with Crippen LogP contribution in [0.25, 0.3) is 0 Å². The molecule has 2 saturated heterocycles. The standard InChI is InChI=1S/C19H27N3O4/c20-19(23)18(21-14-10-24-11-14)13-4-3-7-22(8-13)9-15-12-25-16-5-1-2-6-17(16)26-15/h1-2,5-6,13-15,18,21H,3-4,7-12H2,(H2,20,23)/t13-,15-,18?/m0/s1. The summed E-state index contributed by atoms with van der Waals surface area (Å²) in [6.07, 6.45) is 2.07. The Kier molecular flexibility index (Phi) is 5.28. The molecule has 7 nitrogen and oxygen atoms in total. The zero-order valence-electron chi connectivity index (χ0n) is 14.9. The largest absolute Gasteiger partial charge is 0.486 e. The van der Waals surface area contributed by atoms with Gasteiger partial charge in [0.1, 0.15) is 12.7 Å². The second kappa shape index (κ2) is 7.82. The van der Waals surface area contributed by atoms with Gasteiger partial charge in [-0.25, -0.2) is 0 Å². The lowest BCUT2D eigenvalue weighted by Crippen LogP contribution is -2.59. The highest BCUT2D eigenvalue weighted by atomic mass is 16.6. The first-order valence-corrected chi connectivity index (χ1v) is 9.43. The zero-order chi connectivity index (χ0) is 17.9. The van der Waals surface area contributed by atoms with E-state index < -0.39 is 0 Å². The normalized spacial score (nSPS) is 27.5. The van der Waals surface area contributed by atoms with Crippen molar-refractivity contribution in [1.29, 1.82) is 0 Å². The molecular formula is C19H27N3O4. The van der Waals surface area contributed by atoms with Crippen LogP contribution in [0.1, 0.15) is 12.8 Å². The predicted molar refractivity (Wildman–Crippen MR) is 96.2 cm³/mol. The average Bonchev–Trinajstić information content (AvgIpc) is 2.60. The van der Waals surface area contributed by atoms with Gasteiger partial charge >= 0.3 is 0 Å². The van der Waals surface area contributed by atoms with Crippen molar-refractivity contribution in [2.45, 2.75) is 31.0 Å². The summed E-state index contributed by atoms with van der Waals surface area (Å²) in [5, 5.41) is 3.38. The van der Waals surface area contributed by atoms with E-state index in [0.717, 1.165) is 44.0 Å². The van der Waals surface area contributed by atoms with Crippen LogP contribution in [0.4, 0.5) is 0 Å². The van der Waals surface area contributed by atoms with E-state index in [1.54, 1.807) is 0 Å². The molecule has 3 atom stereocenters. The molecule has 0 aliphatic carbocycles. The van der Waals surface area contributed by atoms with Crippen molar-refractivity contribution >= 4 is 5.91 Å². The topological polar surface area (TPSA) is 86.1 Å². The van der Waals surface area contributed by atoms with E-state index in [1.165, 1.54) is 0 Å². The first kappa shape index (κ1) is 17.6. The van der Waals surface area contributed by atoms with Crippen molar-refractivity contribution in [1.82, 2.24) is 10.2 Å². The molecule has 1 aromatic carbocycles. The molecule has 142 valence electrons. The lowest BCUT2D eigenvalue weighted by atomic mass is 9.89. The lowest BCUT2D eigenvalue weighted by molar-refractivity contribution is -0.123. The molecule has 3 aliphatic rings. The Morgan fingerprint density at radius 3 is 2.81 bits per heavy atom. The number of fused-ring (bicyclic) bond motifs is 1. The van der Waals surface area contributed by atoms with Crippen molar-refractivity contribution in [3.63, 3.8) is 0 Å². The summed E-state index contributed by atoms with van der Waals surface area (Å²) in [4.78, 5) is 14.3. The van der Waals surface area contributed by atoms with Gasteiger partial charge in [-0.15, -0.1) is 0 Å². The summed E-state index contributed by atoms with van der Waals surface area (Å²) in [6.45, 7) is 4.52. The second-order valence-electron chi connectivity index (χ2n) is 7.44. The number of para-hydroxylation sites is 2. The van der Waals surface area contributed by atoms with Gasteiger partial charge in [-0.2, -0.15) is 0 Å². The van der Waals surface area contributed by atoms with Gasteiger partial charge in [0.15, 0.2) is 11.5 Å². The summed E-state index contributed by atoms with van der Waals surface area (Å²) >= 11 is 0. The third-order valence-electron chi connectivity index (χ3n) is 5.40. The minimum absolute atomic E-state index is 0.00340. The first-order chi connectivity index (χ1) is 12.7. The number of piperidine rings is 1. The van der Waals surface area contributed by atoms with E-state index >= 15 is 0 Å². The summed E-state index contributed by atoms with van der Waals surface area (Å²) in [5.41, 5.74) is 5.67. The first-order valence-electron chi connectivity index (χ1n) is 9.43. The summed E-state index contributed by atoms with van der Waals surface area (Å²) in [6, 6.07) is 7.71. The highest BCUT2D eigenvalue weighted by Gasteiger charge is 2.35. The predicted octanol–water partition coefficient (Wildman–Crippen LogP) is 0.381. The molecule has 1 unspecified atom stereocenters. The van der Waals surface area contributed by atoms with E-state index in [9.17, 15) is 4.79 Å². The van der Waals surface area contributed by atoms with Gasteiger partial charge in [-0.3, -0.25) is 15.0 Å². The van der Waals surface area contributed by atoms with Crippen LogP contribution in [-0.4, -0.2) is 68.4 Å². The van der Waals surface area contributed by atoms with Crippen LogP contribution in [-0.2, 0) is 9.53 Å². The number of likely N-dealkylation sites (tertiary alicyclic amines) is 1. The Bertz CT molecular complexity index is 637. The maximum Gasteiger partial charge on any atom is 0.234 e. The SMILES string of the molecule is NC(=O)C(NC1COC1)[C@H]1CCCN(C[C@H]2COc3ccccc3O2)C1. The molecule has 0 bridgehead atoms. The number of ether oxygens (including phenoxy) is 3. The molecule has 1 amide bonds. The molecule has 3 heterocycles. The molecule has 26 heavy (non-hydrogen) atoms. The Morgan fingerprint density at radius 1 is 1.27 bits per heavy atom. The molecule has 1 aromatic rings. The number of nitrogens with zero attached hydrogens (tertiary/aromatic N) is 1. The monoisotopic (exact) mass is 361 g/mol. The lowest BCUT2D eigenvalue weighted by Gasteiger charge is -2.40. The molecule has 7 heteroatoms. The number of amides is 1. The van der Waals surface area contributed by atoms with Gasteiger partial charge in [0.25, 0.3) is 0 Å². The fourth-order valence-electron chi connectivity index (χ4n) is 4.01. The van der Waals surface area contributed by atoms with E-state index in [4.69, 9.17) is 19.9 Å². The Balaban J connectivity index is 1.34. The van der Waals surface area contributed by atoms with Crippen molar-refractivity contribution in [3.05, 3.63) is 24.3 Å². The molecule has 4 rings (SSSR count). The summed E-state index contributed by atoms with van der Waals surface area (Å²) < 4.78 is 17.1. The van der Waals surface area contributed by atoms with Crippen LogP contribution < -0.4 is 20.5 Å². The van der Waals surface area contributed by atoms with Gasteiger partial charge in [0, 0.05) is 13.1 Å². The Morgan fingerprint density at radius 2 is 2.08 bits per heavy atom. The number of hydrogen-bond donors (Lipinski definition) is 2. The zero-order valence-corrected chi connectivity index (χ0v) is 14.9. The van der Waals surface area contributed by atoms with Crippen LogP contribution in [0.5, 0.6) is 11.5 Å². The molecule has 0 spiro atoms. The number of primary amides is 1. The number of carbonyl (C=O) groups excluding carboxylic acids is 1. The minimum atomic E-state index is -0.295. The molecule has 0 saturated carbocycles. The second-order valence-corrected chi connectivity index (χ2v) is 7.44. The molecule has 3 N–H and O–H groups in total. The minimum Gasteiger partial charge on any atom is -0.486 e. The van der Waals surface area contributed by atoms with Crippen molar-refractivity contribution in [3.8, 4) is 11.5 Å². The summed E-state index contributed by atoms with van der Waals surface area (Å²) in [5.74, 6) is 1.56. The van der Waals surface area contributed by atoms with Crippen LogP contribution in [0.15, 0.2) is 24.3 Å². The number of nitrogens with two attached hydrogens (primary N) is 1. The van der Waals surface area contributed by atoms with Crippen LogP contribution in [0, 0.1) is 5.92 Å². The number of hydrogen-bond acceptors (Lipinski definition) is 6. The highest BCUT2D eigenvalue weighted by Crippen LogP contribution is 2.31. The fourth-order valence-corrected chi connectivity index (χ4v) is 4.01. The van der Waals surface area contributed by atoms with Crippen LogP contribution in [0.3, 0.4) is 0 Å². The van der Waals surface area contributed by atoms with Gasteiger partial charge in [0.05, 0.1) is 25.3 Å². The third-order valence-corrected chi connectivity index (χ3v) is 5.40. The van der Waals surface area contributed by atoms with E-state index in [0.29, 0.717) is 19.8 Å². The number of rotatable bonds is 6. The van der Waals surface area contributed by atoms with Crippen molar-refractivity contribution in [2.75, 3.05) is 39.5 Å². The van der Waals surface area contributed by atoms with E-state index in [-0.39, 0.29) is 30.0 Å². The third kappa shape index (κ3) is 3.95. The molecular weight excluding hydrogens is 334 g/mol. The molecule has 2 fully saturated rings. The van der Waals surface area contributed by atoms with Crippen LogP contribution in [0.2, 0.25) is 0 Å². The maximum atomic E-state index is 12.0. The van der Waals surface area contributed by atoms with Crippen LogP contribution >= 0.6 is 0 Å². The van der Waals surface area contributed by atoms with E-state index in [2.05, 4.69) is 10.2 Å². The Hall–Kier alpha value is -1.83. The smallest absolute Gasteiger partial charge is 0.234 e. The van der Waals surface area contributed by atoms with Gasteiger partial charge in [0.2, 0.25) is 5.91 Å². The fraction of sp³-hybridized carbons (Fsp3) is 0.632. The van der Waals surface area contributed by atoms with Gasteiger partial charge in [-0.1, -0.05) is 12.1 Å². The maximum absolute atomic E-state index is 12.0. The molecule has 0 aromatic heterocycles. The van der Waals surface area contributed by atoms with Gasteiger partial charge < -0.3 is 19.9 Å². The molecule has 0 radical (unpaired) electrons. The van der Waals surface area contributed by atoms with Crippen molar-refractivity contribution < 1.29 is 19.0 Å². The van der Waals surface area contributed by atoms with Crippen molar-refractivity contribution in [2.24, 2.45) is 11.7 Å². The van der Waals surface area contributed by atoms with E-state index in [1.807, 2.05) is 24.3 Å². The highest BCUT2D eigenvalue weighted by molar-refractivity contribution is 5.80. The number of benzene rings is 1. The number of nitrogens with one attached hydrogen (secondary N) is 1. The average molecular weight is 361 g/mol. The Labute approximate surface area is 153 Å². The number of carbonyl (C=O) groups is 1. The summed E-state index contributed by atoms with van der Waals surface area (Å²) in [7, 11) is 0. The van der Waals surface area contributed by atoms with Gasteiger partial charge in [-0.05, 0) is 37.4 Å². The molecule has 3 aliphatic heterocycles. The quantitative estimate of drug-likeness (QED) is 0.762.